The molecule has 2 heteroatoms. The number of hydrogen-bond acceptors (Lipinski definition) is 2. The van der Waals surface area contributed by atoms with Crippen LogP contribution >= 0.6 is 0 Å². The molecule has 2 aliphatic carbocycles. The Hall–Kier alpha value is -1.02. The lowest BCUT2D eigenvalue weighted by Gasteiger charge is -2.40. The maximum absolute atomic E-state index is 5.34. The number of hydrogen-bond donors (Lipinski definition) is 1. The Labute approximate surface area is 129 Å². The molecule has 3 rings (SSSR count). The minimum atomic E-state index is 0.408. The third-order valence-corrected chi connectivity index (χ3v) is 5.62. The van der Waals surface area contributed by atoms with Gasteiger partial charge in [-0.25, -0.2) is 0 Å². The van der Waals surface area contributed by atoms with Crippen molar-refractivity contribution in [1.82, 2.24) is 5.32 Å². The molecule has 0 saturated heterocycles. The first-order valence-corrected chi connectivity index (χ1v) is 8.66. The predicted octanol–water partition coefficient (Wildman–Crippen LogP) is 4.70. The lowest BCUT2D eigenvalue weighted by molar-refractivity contribution is 0.139. The van der Waals surface area contributed by atoms with Gasteiger partial charge in [0.2, 0.25) is 0 Å². The van der Waals surface area contributed by atoms with Crippen molar-refractivity contribution in [2.75, 3.05) is 7.11 Å². The van der Waals surface area contributed by atoms with Crippen molar-refractivity contribution in [2.24, 2.45) is 11.8 Å². The van der Waals surface area contributed by atoms with Crippen molar-refractivity contribution in [3.05, 3.63) is 29.8 Å². The second kappa shape index (κ2) is 6.83. The van der Waals surface area contributed by atoms with E-state index < -0.39 is 0 Å². The Kier molecular flexibility index (Phi) is 4.84. The van der Waals surface area contributed by atoms with Crippen LogP contribution < -0.4 is 10.1 Å². The van der Waals surface area contributed by atoms with E-state index in [0.29, 0.717) is 12.1 Å². The third-order valence-electron chi connectivity index (χ3n) is 5.62. The van der Waals surface area contributed by atoms with Gasteiger partial charge in [-0.05, 0) is 55.7 Å². The summed E-state index contributed by atoms with van der Waals surface area (Å²) < 4.78 is 5.34. The van der Waals surface area contributed by atoms with E-state index in [1.807, 2.05) is 6.07 Å². The van der Waals surface area contributed by atoms with Crippen LogP contribution in [-0.4, -0.2) is 13.2 Å². The molecule has 4 atom stereocenters. The molecule has 1 aromatic rings. The second-order valence-electron chi connectivity index (χ2n) is 6.98. The normalized spacial score (nSPS) is 30.5. The minimum absolute atomic E-state index is 0.408. The van der Waals surface area contributed by atoms with Gasteiger partial charge in [0.25, 0.3) is 0 Å². The number of ether oxygens (including phenoxy) is 1. The highest BCUT2D eigenvalue weighted by molar-refractivity contribution is 5.30. The van der Waals surface area contributed by atoms with Crippen molar-refractivity contribution >= 4 is 0 Å². The van der Waals surface area contributed by atoms with Gasteiger partial charge < -0.3 is 10.1 Å². The van der Waals surface area contributed by atoms with Gasteiger partial charge >= 0.3 is 0 Å². The maximum atomic E-state index is 5.34. The molecule has 21 heavy (non-hydrogen) atoms. The van der Waals surface area contributed by atoms with E-state index in [9.17, 15) is 0 Å². The zero-order chi connectivity index (χ0) is 14.7. The summed E-state index contributed by atoms with van der Waals surface area (Å²) in [6.45, 7) is 2.28. The summed E-state index contributed by atoms with van der Waals surface area (Å²) in [5.41, 5.74) is 1.33. The summed E-state index contributed by atoms with van der Waals surface area (Å²) in [6, 6.07) is 9.57. The fourth-order valence-electron chi connectivity index (χ4n) is 4.39. The van der Waals surface area contributed by atoms with Gasteiger partial charge in [-0.1, -0.05) is 37.8 Å². The summed E-state index contributed by atoms with van der Waals surface area (Å²) in [5, 5.41) is 3.86. The fourth-order valence-corrected chi connectivity index (χ4v) is 4.39. The Morgan fingerprint density at radius 3 is 2.71 bits per heavy atom. The quantitative estimate of drug-likeness (QED) is 0.866. The number of rotatable bonds is 4. The van der Waals surface area contributed by atoms with Gasteiger partial charge in [-0.3, -0.25) is 0 Å². The molecule has 0 aliphatic heterocycles. The van der Waals surface area contributed by atoms with Crippen molar-refractivity contribution in [1.29, 1.82) is 0 Å². The molecule has 0 amide bonds. The number of methoxy groups -OCH3 is 1. The molecule has 2 saturated carbocycles. The molecule has 0 heterocycles. The van der Waals surface area contributed by atoms with Crippen molar-refractivity contribution in [3.63, 3.8) is 0 Å². The van der Waals surface area contributed by atoms with Gasteiger partial charge in [-0.2, -0.15) is 0 Å². The van der Waals surface area contributed by atoms with Crippen molar-refractivity contribution < 1.29 is 4.74 Å². The number of nitrogens with one attached hydrogen (secondary N) is 1. The Balaban J connectivity index is 1.58. The van der Waals surface area contributed by atoms with E-state index >= 15 is 0 Å². The highest BCUT2D eigenvalue weighted by atomic mass is 16.5. The van der Waals surface area contributed by atoms with Crippen LogP contribution in [0.1, 0.15) is 63.5 Å². The highest BCUT2D eigenvalue weighted by Crippen LogP contribution is 2.40. The summed E-state index contributed by atoms with van der Waals surface area (Å²) in [5.74, 6) is 2.98. The molecule has 3 unspecified atom stereocenters. The second-order valence-corrected chi connectivity index (χ2v) is 6.98. The van der Waals surface area contributed by atoms with Crippen LogP contribution in [0.15, 0.2) is 24.3 Å². The maximum Gasteiger partial charge on any atom is 0.119 e. The van der Waals surface area contributed by atoms with Crippen LogP contribution in [0.2, 0.25) is 0 Å². The SMILES string of the molecule is COc1cccc([C@@H](C)NC2CCC3CCCCC3C2)c1. The van der Waals surface area contributed by atoms with E-state index in [1.165, 1.54) is 50.5 Å². The van der Waals surface area contributed by atoms with Gasteiger partial charge in [-0.15, -0.1) is 0 Å². The number of benzene rings is 1. The molecule has 1 N–H and O–H groups in total. The monoisotopic (exact) mass is 287 g/mol. The van der Waals surface area contributed by atoms with Crippen LogP contribution in [0.5, 0.6) is 5.75 Å². The molecule has 116 valence electrons. The summed E-state index contributed by atoms with van der Waals surface area (Å²) in [6.07, 6.45) is 10.1. The molecule has 0 radical (unpaired) electrons. The smallest absolute Gasteiger partial charge is 0.119 e. The molecule has 2 nitrogen and oxygen atoms in total. The Bertz CT molecular complexity index is 459. The first-order valence-electron chi connectivity index (χ1n) is 8.66. The molecule has 0 spiro atoms. The van der Waals surface area contributed by atoms with E-state index in [-0.39, 0.29) is 0 Å². The largest absolute Gasteiger partial charge is 0.497 e. The Morgan fingerprint density at radius 2 is 1.90 bits per heavy atom. The van der Waals surface area contributed by atoms with Crippen molar-refractivity contribution in [3.8, 4) is 5.75 Å². The highest BCUT2D eigenvalue weighted by Gasteiger charge is 2.32. The molecule has 2 fully saturated rings. The molecular weight excluding hydrogens is 258 g/mol. The average molecular weight is 287 g/mol. The Morgan fingerprint density at radius 1 is 1.10 bits per heavy atom. The standard InChI is InChI=1S/C19H29NO/c1-14(16-8-5-9-19(13-16)21-2)20-18-11-10-15-6-3-4-7-17(15)12-18/h5,8-9,13-15,17-18,20H,3-4,6-7,10-12H2,1-2H3/t14-,15?,17?,18?/m1/s1. The van der Waals surface area contributed by atoms with Gasteiger partial charge in [0.05, 0.1) is 7.11 Å². The zero-order valence-electron chi connectivity index (χ0n) is 13.5. The third kappa shape index (κ3) is 3.60. The van der Waals surface area contributed by atoms with Gasteiger partial charge in [0.1, 0.15) is 5.75 Å². The summed E-state index contributed by atoms with van der Waals surface area (Å²) >= 11 is 0. The van der Waals surface area contributed by atoms with E-state index in [2.05, 4.69) is 30.4 Å². The lowest BCUT2D eigenvalue weighted by atomic mass is 9.69. The van der Waals surface area contributed by atoms with E-state index in [1.54, 1.807) is 7.11 Å². The first kappa shape index (κ1) is 14.9. The van der Waals surface area contributed by atoms with Crippen LogP contribution in [-0.2, 0) is 0 Å². The van der Waals surface area contributed by atoms with Gasteiger partial charge in [0.15, 0.2) is 0 Å². The van der Waals surface area contributed by atoms with E-state index in [4.69, 9.17) is 4.74 Å². The fraction of sp³-hybridized carbons (Fsp3) is 0.684. The summed E-state index contributed by atoms with van der Waals surface area (Å²) in [7, 11) is 1.74. The van der Waals surface area contributed by atoms with Crippen LogP contribution in [0.25, 0.3) is 0 Å². The van der Waals surface area contributed by atoms with Crippen LogP contribution in [0.3, 0.4) is 0 Å². The first-order chi connectivity index (χ1) is 10.3. The molecule has 0 aromatic heterocycles. The van der Waals surface area contributed by atoms with Crippen LogP contribution in [0, 0.1) is 11.8 Å². The van der Waals surface area contributed by atoms with Gasteiger partial charge in [0, 0.05) is 12.1 Å². The molecule has 1 aromatic carbocycles. The van der Waals surface area contributed by atoms with E-state index in [0.717, 1.165) is 17.6 Å². The molecular formula is C19H29NO. The molecule has 0 bridgehead atoms. The topological polar surface area (TPSA) is 21.3 Å². The molecule has 2 aliphatic rings. The minimum Gasteiger partial charge on any atom is -0.497 e. The number of fused-ring (bicyclic) bond motifs is 1. The lowest BCUT2D eigenvalue weighted by Crippen LogP contribution is -2.39. The van der Waals surface area contributed by atoms with Crippen molar-refractivity contribution in [2.45, 2.75) is 64.0 Å². The van der Waals surface area contributed by atoms with Crippen LogP contribution in [0.4, 0.5) is 0 Å². The summed E-state index contributed by atoms with van der Waals surface area (Å²) in [4.78, 5) is 0. The predicted molar refractivity (Wildman–Crippen MR) is 87.6 cm³/mol. The average Bonchev–Trinajstić information content (AvgIpc) is 2.54. The zero-order valence-corrected chi connectivity index (χ0v) is 13.5.